The lowest BCUT2D eigenvalue weighted by molar-refractivity contribution is 0.266. The molecule has 0 bridgehead atoms. The van der Waals surface area contributed by atoms with Crippen LogP contribution in [0, 0.1) is 11.8 Å². The van der Waals surface area contributed by atoms with Gasteiger partial charge in [0, 0.05) is 19.0 Å². The highest BCUT2D eigenvalue weighted by Crippen LogP contribution is 2.41. The van der Waals surface area contributed by atoms with Gasteiger partial charge in [-0.1, -0.05) is 74.5 Å². The van der Waals surface area contributed by atoms with E-state index in [1.807, 2.05) is 0 Å². The normalized spacial score (nSPS) is 24.2. The van der Waals surface area contributed by atoms with Crippen molar-refractivity contribution in [3.8, 4) is 11.6 Å². The fourth-order valence-corrected chi connectivity index (χ4v) is 7.50. The molecule has 9 nitrogen and oxygen atoms in total. The Kier molecular flexibility index (Phi) is 7.35. The molecule has 7 rings (SSSR count). The van der Waals surface area contributed by atoms with E-state index in [4.69, 9.17) is 19.5 Å². The van der Waals surface area contributed by atoms with E-state index >= 15 is 0 Å². The van der Waals surface area contributed by atoms with Gasteiger partial charge in [0.15, 0.2) is 5.65 Å². The van der Waals surface area contributed by atoms with E-state index in [2.05, 4.69) is 56.9 Å². The van der Waals surface area contributed by atoms with E-state index < -0.39 is 5.76 Å². The van der Waals surface area contributed by atoms with Gasteiger partial charge in [-0.2, -0.15) is 4.98 Å². The lowest BCUT2D eigenvalue weighted by atomic mass is 9.83. The number of aromatic amines is 1. The predicted molar refractivity (Wildman–Crippen MR) is 159 cm³/mol. The third kappa shape index (κ3) is 5.31. The number of fused-ring (bicyclic) bond motifs is 1. The molecular weight excluding hydrogens is 514 g/mol. The highest BCUT2D eigenvalue weighted by molar-refractivity contribution is 5.80. The van der Waals surface area contributed by atoms with Crippen molar-refractivity contribution in [1.29, 1.82) is 0 Å². The molecule has 2 saturated carbocycles. The summed E-state index contributed by atoms with van der Waals surface area (Å²) in [6, 6.07) is 11.2. The van der Waals surface area contributed by atoms with Gasteiger partial charge in [-0.05, 0) is 62.3 Å². The van der Waals surface area contributed by atoms with Gasteiger partial charge >= 0.3 is 5.76 Å². The van der Waals surface area contributed by atoms with E-state index in [-0.39, 0.29) is 11.9 Å². The quantitative estimate of drug-likeness (QED) is 0.280. The first-order chi connectivity index (χ1) is 20.1. The fraction of sp³-hybridized carbons (Fsp3) is 0.594. The molecule has 1 saturated heterocycles. The second-order valence-electron chi connectivity index (χ2n) is 12.6. The van der Waals surface area contributed by atoms with Crippen LogP contribution < -0.4 is 10.7 Å². The maximum atomic E-state index is 11.8. The Balaban J connectivity index is 1.41. The van der Waals surface area contributed by atoms with Crippen molar-refractivity contribution in [2.75, 3.05) is 11.4 Å². The summed E-state index contributed by atoms with van der Waals surface area (Å²) < 4.78 is 7.33. The third-order valence-corrected chi connectivity index (χ3v) is 9.77. The number of imidazole rings is 1. The molecule has 41 heavy (non-hydrogen) atoms. The molecule has 1 atom stereocenters. The van der Waals surface area contributed by atoms with E-state index in [1.54, 1.807) is 0 Å². The summed E-state index contributed by atoms with van der Waals surface area (Å²) in [4.78, 5) is 32.4. The van der Waals surface area contributed by atoms with Crippen LogP contribution in [0.15, 0.2) is 39.6 Å². The smallest absolute Gasteiger partial charge is 0.335 e. The van der Waals surface area contributed by atoms with Crippen LogP contribution in [0.5, 0.6) is 0 Å². The summed E-state index contributed by atoms with van der Waals surface area (Å²) in [6.07, 6.45) is 14.5. The Morgan fingerprint density at radius 3 is 2.44 bits per heavy atom. The van der Waals surface area contributed by atoms with Gasteiger partial charge in [-0.15, -0.1) is 0 Å². The highest BCUT2D eigenvalue weighted by Gasteiger charge is 2.33. The Hall–Kier alpha value is -3.49. The van der Waals surface area contributed by atoms with Gasteiger partial charge in [0.2, 0.25) is 17.6 Å². The van der Waals surface area contributed by atoms with Gasteiger partial charge in [-0.3, -0.25) is 9.51 Å². The Labute approximate surface area is 240 Å². The number of hydrogen-bond donors (Lipinski definition) is 1. The third-order valence-electron chi connectivity index (χ3n) is 9.77. The zero-order valence-corrected chi connectivity index (χ0v) is 24.1. The van der Waals surface area contributed by atoms with Gasteiger partial charge in [0.1, 0.15) is 5.52 Å². The first-order valence-corrected chi connectivity index (χ1v) is 15.8. The van der Waals surface area contributed by atoms with Gasteiger partial charge in [0.25, 0.3) is 0 Å². The number of benzene rings is 1. The monoisotopic (exact) mass is 555 g/mol. The minimum absolute atomic E-state index is 0.270. The van der Waals surface area contributed by atoms with Gasteiger partial charge in [0.05, 0.1) is 11.7 Å². The Morgan fingerprint density at radius 2 is 1.68 bits per heavy atom. The van der Waals surface area contributed by atoms with Crippen molar-refractivity contribution in [3.63, 3.8) is 0 Å². The number of aromatic nitrogens is 6. The molecule has 9 heteroatoms. The average molecular weight is 556 g/mol. The Bertz CT molecular complexity index is 1530. The molecule has 0 spiro atoms. The van der Waals surface area contributed by atoms with Crippen LogP contribution in [0.1, 0.15) is 107 Å². The molecule has 4 heterocycles. The molecule has 3 aromatic heterocycles. The predicted octanol–water partition coefficient (Wildman–Crippen LogP) is 6.78. The number of piperidine rings is 1. The van der Waals surface area contributed by atoms with Crippen LogP contribution in [0.3, 0.4) is 0 Å². The molecule has 1 aromatic carbocycles. The van der Waals surface area contributed by atoms with E-state index in [1.165, 1.54) is 56.9 Å². The molecule has 1 N–H and O–H groups in total. The average Bonchev–Trinajstić information content (AvgIpc) is 3.62. The summed E-state index contributed by atoms with van der Waals surface area (Å²) in [6.45, 7) is 4.30. The van der Waals surface area contributed by atoms with Crippen LogP contribution in [-0.4, -0.2) is 36.2 Å². The lowest BCUT2D eigenvalue weighted by Crippen LogP contribution is -2.36. The van der Waals surface area contributed by atoms with Crippen molar-refractivity contribution in [3.05, 3.63) is 52.1 Å². The van der Waals surface area contributed by atoms with E-state index in [0.717, 1.165) is 61.8 Å². The van der Waals surface area contributed by atoms with Crippen LogP contribution in [-0.2, 0) is 6.54 Å². The molecule has 4 aromatic rings. The molecule has 2 aliphatic carbocycles. The maximum absolute atomic E-state index is 11.8. The van der Waals surface area contributed by atoms with Crippen molar-refractivity contribution in [2.45, 2.75) is 102 Å². The summed E-state index contributed by atoms with van der Waals surface area (Å²) in [5.41, 5.74) is 4.19. The second kappa shape index (κ2) is 11.4. The largest absolute Gasteiger partial charge is 0.439 e. The number of hydrogen-bond acceptors (Lipinski definition) is 7. The molecule has 216 valence electrons. The number of H-pyrrole nitrogens is 1. The van der Waals surface area contributed by atoms with Gasteiger partial charge < -0.3 is 9.47 Å². The molecule has 3 fully saturated rings. The number of nitrogens with one attached hydrogen (secondary N) is 1. The van der Waals surface area contributed by atoms with Crippen LogP contribution >= 0.6 is 0 Å². The van der Waals surface area contributed by atoms with E-state index in [9.17, 15) is 4.79 Å². The molecule has 0 unspecified atom stereocenters. The summed E-state index contributed by atoms with van der Waals surface area (Å²) >= 11 is 0. The fourth-order valence-electron chi connectivity index (χ4n) is 7.50. The first-order valence-electron chi connectivity index (χ1n) is 15.8. The van der Waals surface area contributed by atoms with Gasteiger partial charge in [-0.25, -0.2) is 14.8 Å². The summed E-state index contributed by atoms with van der Waals surface area (Å²) in [5.74, 6) is 2.85. The van der Waals surface area contributed by atoms with Crippen LogP contribution in [0.2, 0.25) is 0 Å². The standard InChI is InChI=1S/C32H41N7O2/c1-21-15-17-22(18-16-21)20-39-27-26(24-12-6-3-7-13-24)33-29(30-36-32(40)41-37-30)34-28(27)35-31(39)38-19-9-8-14-25(38)23-10-4-2-5-11-23/h2,4-5,10-11,21-22,24-25H,3,6-9,12-20H2,1H3,(H,36,37,40)/t21?,22?,25-/m0/s1. The van der Waals surface area contributed by atoms with E-state index in [0.29, 0.717) is 23.3 Å². The zero-order chi connectivity index (χ0) is 27.8. The van der Waals surface area contributed by atoms with Crippen molar-refractivity contribution >= 4 is 17.1 Å². The SMILES string of the molecule is CC1CCC(Cn2c(N3CCCC[C@H]3c3ccccc3)nc3nc(-c4noc(=O)[nH]4)nc(C4CCCCC4)c32)CC1. The van der Waals surface area contributed by atoms with Crippen LogP contribution in [0.25, 0.3) is 22.8 Å². The van der Waals surface area contributed by atoms with Crippen molar-refractivity contribution < 1.29 is 4.52 Å². The zero-order valence-electron chi connectivity index (χ0n) is 24.1. The minimum atomic E-state index is -0.598. The molecule has 1 aliphatic heterocycles. The molecular formula is C32H41N7O2. The number of anilines is 1. The second-order valence-corrected chi connectivity index (χ2v) is 12.6. The van der Waals surface area contributed by atoms with Crippen molar-refractivity contribution in [1.82, 2.24) is 29.7 Å². The topological polar surface area (TPSA) is 106 Å². The lowest BCUT2D eigenvalue weighted by Gasteiger charge is -2.38. The molecule has 0 amide bonds. The summed E-state index contributed by atoms with van der Waals surface area (Å²) in [5, 5.41) is 3.94. The number of nitrogens with zero attached hydrogens (tertiary/aromatic N) is 6. The Morgan fingerprint density at radius 1 is 0.902 bits per heavy atom. The number of rotatable bonds is 6. The molecule has 3 aliphatic rings. The van der Waals surface area contributed by atoms with Crippen molar-refractivity contribution in [2.24, 2.45) is 11.8 Å². The first kappa shape index (κ1) is 26.4. The maximum Gasteiger partial charge on any atom is 0.439 e. The summed E-state index contributed by atoms with van der Waals surface area (Å²) in [7, 11) is 0. The molecule has 0 radical (unpaired) electrons. The minimum Gasteiger partial charge on any atom is -0.335 e. The highest BCUT2D eigenvalue weighted by atomic mass is 16.5. The van der Waals surface area contributed by atoms with Crippen LogP contribution in [0.4, 0.5) is 5.95 Å².